The summed E-state index contributed by atoms with van der Waals surface area (Å²) in [7, 11) is 1.68. The predicted molar refractivity (Wildman–Crippen MR) is 110 cm³/mol. The molecule has 5 heteroatoms. The molecule has 4 nitrogen and oxygen atoms in total. The van der Waals surface area contributed by atoms with Gasteiger partial charge in [-0.25, -0.2) is 0 Å². The van der Waals surface area contributed by atoms with Crippen molar-refractivity contribution in [3.63, 3.8) is 0 Å². The van der Waals surface area contributed by atoms with Gasteiger partial charge in [-0.1, -0.05) is 41.9 Å². The van der Waals surface area contributed by atoms with Gasteiger partial charge in [0.1, 0.15) is 5.56 Å². The predicted octanol–water partition coefficient (Wildman–Crippen LogP) is 4.44. The van der Waals surface area contributed by atoms with Crippen LogP contribution in [-0.2, 0) is 6.54 Å². The maximum absolute atomic E-state index is 13.1. The minimum absolute atomic E-state index is 0.165. The molecule has 138 valence electrons. The van der Waals surface area contributed by atoms with E-state index in [0.29, 0.717) is 11.6 Å². The fourth-order valence-corrected chi connectivity index (χ4v) is 3.08. The standard InChI is InChI=1S/C22H21ClN2O2/c1-15-13-20(21(26)24(3)19-7-5-4-6-8-19)22(27)25(16(15)2)14-17-9-11-18(23)12-10-17/h4-13H,14H2,1-3H3. The molecule has 3 rings (SSSR count). The number of nitrogens with zero attached hydrogens (tertiary/aromatic N) is 2. The first kappa shape index (κ1) is 18.9. The zero-order valence-corrected chi connectivity index (χ0v) is 16.3. The molecule has 0 saturated carbocycles. The van der Waals surface area contributed by atoms with E-state index >= 15 is 0 Å². The van der Waals surface area contributed by atoms with Crippen molar-refractivity contribution in [2.45, 2.75) is 20.4 Å². The molecule has 1 amide bonds. The topological polar surface area (TPSA) is 42.3 Å². The average molecular weight is 381 g/mol. The van der Waals surface area contributed by atoms with Crippen molar-refractivity contribution >= 4 is 23.2 Å². The Hall–Kier alpha value is -2.85. The van der Waals surface area contributed by atoms with Gasteiger partial charge in [-0.3, -0.25) is 9.59 Å². The summed E-state index contributed by atoms with van der Waals surface area (Å²) >= 11 is 5.94. The van der Waals surface area contributed by atoms with Crippen LogP contribution >= 0.6 is 11.6 Å². The van der Waals surface area contributed by atoms with Gasteiger partial charge in [0.15, 0.2) is 0 Å². The summed E-state index contributed by atoms with van der Waals surface area (Å²) in [5.74, 6) is -0.320. The highest BCUT2D eigenvalue weighted by molar-refractivity contribution is 6.30. The van der Waals surface area contributed by atoms with Crippen LogP contribution in [-0.4, -0.2) is 17.5 Å². The number of halogens is 1. The van der Waals surface area contributed by atoms with Crippen LogP contribution in [0.2, 0.25) is 5.02 Å². The first-order valence-electron chi connectivity index (χ1n) is 8.67. The molecule has 0 atom stereocenters. The summed E-state index contributed by atoms with van der Waals surface area (Å²) in [6.45, 7) is 4.19. The summed E-state index contributed by atoms with van der Waals surface area (Å²) in [6.07, 6.45) is 0. The molecular formula is C22H21ClN2O2. The highest BCUT2D eigenvalue weighted by Crippen LogP contribution is 2.16. The van der Waals surface area contributed by atoms with Crippen LogP contribution in [0.3, 0.4) is 0 Å². The number of amides is 1. The van der Waals surface area contributed by atoms with Crippen LogP contribution in [0.25, 0.3) is 0 Å². The number of anilines is 1. The minimum atomic E-state index is -0.320. The van der Waals surface area contributed by atoms with Gasteiger partial charge in [0.2, 0.25) is 0 Å². The Labute approximate surface area is 163 Å². The van der Waals surface area contributed by atoms with Gasteiger partial charge in [0.05, 0.1) is 6.54 Å². The van der Waals surface area contributed by atoms with E-state index in [9.17, 15) is 9.59 Å². The number of aryl methyl sites for hydroxylation is 1. The molecule has 3 aromatic rings. The van der Waals surface area contributed by atoms with Crippen molar-refractivity contribution in [1.82, 2.24) is 4.57 Å². The largest absolute Gasteiger partial charge is 0.311 e. The van der Waals surface area contributed by atoms with Gasteiger partial charge in [0.25, 0.3) is 11.5 Å². The van der Waals surface area contributed by atoms with Gasteiger partial charge >= 0.3 is 0 Å². The van der Waals surface area contributed by atoms with Crippen LogP contribution in [0.4, 0.5) is 5.69 Å². The van der Waals surface area contributed by atoms with Gasteiger partial charge in [-0.05, 0) is 55.3 Å². The van der Waals surface area contributed by atoms with E-state index in [1.807, 2.05) is 56.3 Å². The second-order valence-corrected chi connectivity index (χ2v) is 6.98. The lowest BCUT2D eigenvalue weighted by Gasteiger charge is -2.19. The molecule has 0 fully saturated rings. The maximum Gasteiger partial charge on any atom is 0.263 e. The lowest BCUT2D eigenvalue weighted by molar-refractivity contribution is 0.0991. The SMILES string of the molecule is Cc1cc(C(=O)N(C)c2ccccc2)c(=O)n(Cc2ccc(Cl)cc2)c1C. The number of aromatic nitrogens is 1. The van der Waals surface area contributed by atoms with E-state index in [2.05, 4.69) is 0 Å². The first-order valence-corrected chi connectivity index (χ1v) is 9.05. The molecule has 1 aromatic heterocycles. The second-order valence-electron chi connectivity index (χ2n) is 6.54. The molecule has 0 aliphatic carbocycles. The number of carbonyl (C=O) groups excluding carboxylic acids is 1. The number of benzene rings is 2. The zero-order valence-electron chi connectivity index (χ0n) is 15.6. The van der Waals surface area contributed by atoms with Crippen molar-refractivity contribution < 1.29 is 4.79 Å². The van der Waals surface area contributed by atoms with Crippen LogP contribution < -0.4 is 10.5 Å². The molecule has 2 aromatic carbocycles. The highest BCUT2D eigenvalue weighted by Gasteiger charge is 2.20. The number of hydrogen-bond acceptors (Lipinski definition) is 2. The van der Waals surface area contributed by atoms with E-state index in [-0.39, 0.29) is 17.0 Å². The zero-order chi connectivity index (χ0) is 19.6. The summed E-state index contributed by atoms with van der Waals surface area (Å²) in [4.78, 5) is 27.6. The summed E-state index contributed by atoms with van der Waals surface area (Å²) in [5, 5.41) is 0.646. The van der Waals surface area contributed by atoms with Crippen molar-refractivity contribution in [3.8, 4) is 0 Å². The van der Waals surface area contributed by atoms with Crippen molar-refractivity contribution in [2.75, 3.05) is 11.9 Å². The van der Waals surface area contributed by atoms with E-state index in [0.717, 1.165) is 22.5 Å². The second kappa shape index (κ2) is 7.80. The first-order chi connectivity index (χ1) is 12.9. The van der Waals surface area contributed by atoms with Gasteiger partial charge in [0, 0.05) is 23.5 Å². The third kappa shape index (κ3) is 3.96. The normalized spacial score (nSPS) is 10.7. The Balaban J connectivity index is 2.02. The average Bonchev–Trinajstić information content (AvgIpc) is 2.69. The molecule has 0 unspecified atom stereocenters. The Morgan fingerprint density at radius 3 is 2.30 bits per heavy atom. The van der Waals surface area contributed by atoms with Gasteiger partial charge in [-0.2, -0.15) is 0 Å². The Morgan fingerprint density at radius 1 is 1.04 bits per heavy atom. The fourth-order valence-electron chi connectivity index (χ4n) is 2.96. The Morgan fingerprint density at radius 2 is 1.67 bits per heavy atom. The molecule has 27 heavy (non-hydrogen) atoms. The lowest BCUT2D eigenvalue weighted by Crippen LogP contribution is -2.35. The van der Waals surface area contributed by atoms with E-state index in [1.54, 1.807) is 29.8 Å². The smallest absolute Gasteiger partial charge is 0.263 e. The fraction of sp³-hybridized carbons (Fsp3) is 0.182. The van der Waals surface area contributed by atoms with Crippen LogP contribution in [0.15, 0.2) is 65.5 Å². The van der Waals surface area contributed by atoms with Crippen LogP contribution in [0, 0.1) is 13.8 Å². The van der Waals surface area contributed by atoms with E-state index < -0.39 is 0 Å². The molecule has 0 aliphatic rings. The van der Waals surface area contributed by atoms with E-state index in [1.165, 1.54) is 4.90 Å². The Kier molecular flexibility index (Phi) is 5.47. The number of para-hydroxylation sites is 1. The molecule has 0 radical (unpaired) electrons. The minimum Gasteiger partial charge on any atom is -0.311 e. The molecule has 1 heterocycles. The molecule has 0 spiro atoms. The molecular weight excluding hydrogens is 360 g/mol. The molecule has 0 N–H and O–H groups in total. The number of carbonyl (C=O) groups is 1. The van der Waals surface area contributed by atoms with Crippen LogP contribution in [0.5, 0.6) is 0 Å². The molecule has 0 bridgehead atoms. The van der Waals surface area contributed by atoms with Gasteiger partial charge in [-0.15, -0.1) is 0 Å². The summed E-state index contributed by atoms with van der Waals surface area (Å²) in [5.41, 5.74) is 3.30. The summed E-state index contributed by atoms with van der Waals surface area (Å²) < 4.78 is 1.64. The number of pyridine rings is 1. The molecule has 0 aliphatic heterocycles. The quantitative estimate of drug-likeness (QED) is 0.671. The monoisotopic (exact) mass is 380 g/mol. The van der Waals surface area contributed by atoms with Crippen LogP contribution in [0.1, 0.15) is 27.2 Å². The molecule has 0 saturated heterocycles. The van der Waals surface area contributed by atoms with Crippen molar-refractivity contribution in [1.29, 1.82) is 0 Å². The number of hydrogen-bond donors (Lipinski definition) is 0. The number of rotatable bonds is 4. The van der Waals surface area contributed by atoms with Crippen molar-refractivity contribution in [3.05, 3.63) is 98.4 Å². The van der Waals surface area contributed by atoms with E-state index in [4.69, 9.17) is 11.6 Å². The van der Waals surface area contributed by atoms with Gasteiger partial charge < -0.3 is 9.47 Å². The van der Waals surface area contributed by atoms with Crippen molar-refractivity contribution in [2.24, 2.45) is 0 Å². The lowest BCUT2D eigenvalue weighted by atomic mass is 10.1. The maximum atomic E-state index is 13.1. The third-order valence-electron chi connectivity index (χ3n) is 4.74. The summed E-state index contributed by atoms with van der Waals surface area (Å²) in [6, 6.07) is 18.3. The highest BCUT2D eigenvalue weighted by atomic mass is 35.5. The Bertz CT molecular complexity index is 1020. The third-order valence-corrected chi connectivity index (χ3v) is 5.00.